The summed E-state index contributed by atoms with van der Waals surface area (Å²) in [7, 11) is 1.95. The van der Waals surface area contributed by atoms with E-state index in [2.05, 4.69) is 45.7 Å². The molecule has 5 heteroatoms. The van der Waals surface area contributed by atoms with Crippen molar-refractivity contribution in [3.63, 3.8) is 0 Å². The van der Waals surface area contributed by atoms with Gasteiger partial charge in [-0.05, 0) is 30.5 Å². The molecule has 1 saturated carbocycles. The molecule has 1 aliphatic carbocycles. The van der Waals surface area contributed by atoms with Crippen molar-refractivity contribution in [3.05, 3.63) is 42.6 Å². The smallest absolute Gasteiger partial charge is 0.295 e. The molecule has 1 aliphatic rings. The maximum absolute atomic E-state index is 5.91. The molecule has 5 rings (SSSR count). The Morgan fingerprint density at radius 1 is 1.12 bits per heavy atom. The van der Waals surface area contributed by atoms with Crippen molar-refractivity contribution in [3.8, 4) is 11.1 Å². The summed E-state index contributed by atoms with van der Waals surface area (Å²) in [6.45, 7) is 0. The summed E-state index contributed by atoms with van der Waals surface area (Å²) in [5.74, 6) is 0. The lowest BCUT2D eigenvalue weighted by atomic mass is 9.96. The summed E-state index contributed by atoms with van der Waals surface area (Å²) in [5.41, 5.74) is 4.95. The first-order valence-electron chi connectivity index (χ1n) is 9.36. The molecule has 1 N–H and O–H groups in total. The van der Waals surface area contributed by atoms with Crippen molar-refractivity contribution in [2.75, 3.05) is 5.32 Å². The fraction of sp³-hybridized carbons (Fsp3) is 0.333. The molecule has 2 aromatic carbocycles. The predicted molar refractivity (Wildman–Crippen MR) is 104 cm³/mol. The van der Waals surface area contributed by atoms with Gasteiger partial charge < -0.3 is 9.73 Å². The van der Waals surface area contributed by atoms with E-state index in [0.29, 0.717) is 12.1 Å². The van der Waals surface area contributed by atoms with E-state index in [-0.39, 0.29) is 0 Å². The average Bonchev–Trinajstić information content (AvgIpc) is 3.23. The van der Waals surface area contributed by atoms with Crippen LogP contribution in [0.15, 0.2) is 47.0 Å². The summed E-state index contributed by atoms with van der Waals surface area (Å²) < 4.78 is 7.77. The third-order valence-corrected chi connectivity index (χ3v) is 5.28. The van der Waals surface area contributed by atoms with Crippen LogP contribution >= 0.6 is 0 Å². The van der Waals surface area contributed by atoms with E-state index in [1.807, 2.05) is 24.0 Å². The molecule has 0 atom stereocenters. The second-order valence-corrected chi connectivity index (χ2v) is 7.23. The summed E-state index contributed by atoms with van der Waals surface area (Å²) in [5, 5.41) is 9.23. The Morgan fingerprint density at radius 3 is 2.88 bits per heavy atom. The minimum Gasteiger partial charge on any atom is -0.424 e. The highest BCUT2D eigenvalue weighted by Crippen LogP contribution is 2.31. The summed E-state index contributed by atoms with van der Waals surface area (Å²) >= 11 is 0. The van der Waals surface area contributed by atoms with Crippen LogP contribution in [0.25, 0.3) is 33.1 Å². The van der Waals surface area contributed by atoms with E-state index in [1.165, 1.54) is 32.1 Å². The Kier molecular flexibility index (Phi) is 3.66. The van der Waals surface area contributed by atoms with Crippen molar-refractivity contribution in [2.45, 2.75) is 38.1 Å². The van der Waals surface area contributed by atoms with Crippen LogP contribution < -0.4 is 5.32 Å². The number of aryl methyl sites for hydroxylation is 1. The van der Waals surface area contributed by atoms with Crippen LogP contribution in [0, 0.1) is 0 Å². The Balaban J connectivity index is 1.51. The number of hydrogen-bond donors (Lipinski definition) is 1. The Bertz CT molecular complexity index is 1070. The number of nitrogens with zero attached hydrogens (tertiary/aromatic N) is 3. The van der Waals surface area contributed by atoms with Crippen LogP contribution in [0.5, 0.6) is 0 Å². The van der Waals surface area contributed by atoms with Crippen LogP contribution in [0.3, 0.4) is 0 Å². The van der Waals surface area contributed by atoms with Crippen molar-refractivity contribution in [2.24, 2.45) is 7.05 Å². The number of hydrogen-bond acceptors (Lipinski definition) is 4. The van der Waals surface area contributed by atoms with Gasteiger partial charge in [0.05, 0.1) is 0 Å². The van der Waals surface area contributed by atoms with Crippen LogP contribution in [0.2, 0.25) is 0 Å². The molecule has 2 heterocycles. The van der Waals surface area contributed by atoms with Crippen molar-refractivity contribution >= 4 is 28.0 Å². The van der Waals surface area contributed by atoms with Gasteiger partial charge in [-0.2, -0.15) is 10.1 Å². The Labute approximate surface area is 152 Å². The molecule has 1 fully saturated rings. The zero-order valence-electron chi connectivity index (χ0n) is 14.9. The standard InChI is InChI=1S/C21H22N4O/c1-25-13-15-6-5-9-17(20(15)24-25)14-10-11-19-18(12-14)23-21(26-19)22-16-7-3-2-4-8-16/h5-6,9-13,16H,2-4,7-8H2,1H3,(H,22,23). The van der Waals surface area contributed by atoms with Gasteiger partial charge in [-0.1, -0.05) is 43.5 Å². The molecule has 2 aromatic heterocycles. The van der Waals surface area contributed by atoms with Crippen LogP contribution in [0.1, 0.15) is 32.1 Å². The molecule has 0 bridgehead atoms. The van der Waals surface area contributed by atoms with Gasteiger partial charge in [0.25, 0.3) is 6.01 Å². The molecule has 26 heavy (non-hydrogen) atoms. The maximum atomic E-state index is 5.91. The second kappa shape index (κ2) is 6.16. The first-order valence-corrected chi connectivity index (χ1v) is 9.36. The van der Waals surface area contributed by atoms with Gasteiger partial charge in [-0.25, -0.2) is 0 Å². The Hall–Kier alpha value is -2.82. The molecule has 5 nitrogen and oxygen atoms in total. The van der Waals surface area contributed by atoms with E-state index in [0.717, 1.165) is 33.1 Å². The van der Waals surface area contributed by atoms with Gasteiger partial charge in [-0.15, -0.1) is 0 Å². The molecule has 4 aromatic rings. The predicted octanol–water partition coefficient (Wildman–Crippen LogP) is 5.13. The molecule has 132 valence electrons. The fourth-order valence-electron chi connectivity index (χ4n) is 3.98. The van der Waals surface area contributed by atoms with Gasteiger partial charge in [0.1, 0.15) is 11.0 Å². The fourth-order valence-corrected chi connectivity index (χ4v) is 3.98. The molecule has 0 saturated heterocycles. The molecule has 0 spiro atoms. The molecule has 0 aliphatic heterocycles. The van der Waals surface area contributed by atoms with E-state index >= 15 is 0 Å². The van der Waals surface area contributed by atoms with Crippen LogP contribution in [-0.4, -0.2) is 20.8 Å². The monoisotopic (exact) mass is 346 g/mol. The largest absolute Gasteiger partial charge is 0.424 e. The minimum absolute atomic E-state index is 0.485. The average molecular weight is 346 g/mol. The quantitative estimate of drug-likeness (QED) is 0.559. The molecule has 0 radical (unpaired) electrons. The van der Waals surface area contributed by atoms with Gasteiger partial charge in [-0.3, -0.25) is 4.68 Å². The van der Waals surface area contributed by atoms with Crippen LogP contribution in [-0.2, 0) is 7.05 Å². The van der Waals surface area contributed by atoms with Crippen molar-refractivity contribution < 1.29 is 4.42 Å². The van der Waals surface area contributed by atoms with E-state index < -0.39 is 0 Å². The summed E-state index contributed by atoms with van der Waals surface area (Å²) in [6, 6.07) is 13.6. The van der Waals surface area contributed by atoms with Crippen molar-refractivity contribution in [1.29, 1.82) is 0 Å². The number of aromatic nitrogens is 3. The van der Waals surface area contributed by atoms with E-state index in [4.69, 9.17) is 4.42 Å². The first-order chi connectivity index (χ1) is 12.8. The first kappa shape index (κ1) is 15.4. The highest BCUT2D eigenvalue weighted by Gasteiger charge is 2.16. The highest BCUT2D eigenvalue weighted by atomic mass is 16.4. The minimum atomic E-state index is 0.485. The molecule has 0 unspecified atom stereocenters. The maximum Gasteiger partial charge on any atom is 0.295 e. The molecular formula is C21H22N4O. The summed E-state index contributed by atoms with van der Waals surface area (Å²) in [6.07, 6.45) is 8.36. The third kappa shape index (κ3) is 2.73. The second-order valence-electron chi connectivity index (χ2n) is 7.23. The summed E-state index contributed by atoms with van der Waals surface area (Å²) in [4.78, 5) is 4.67. The zero-order chi connectivity index (χ0) is 17.5. The lowest BCUT2D eigenvalue weighted by molar-refractivity contribution is 0.451. The van der Waals surface area contributed by atoms with Gasteiger partial charge in [0.15, 0.2) is 5.58 Å². The van der Waals surface area contributed by atoms with Gasteiger partial charge in [0.2, 0.25) is 0 Å². The van der Waals surface area contributed by atoms with Crippen molar-refractivity contribution in [1.82, 2.24) is 14.8 Å². The number of oxazole rings is 1. The van der Waals surface area contributed by atoms with Crippen LogP contribution in [0.4, 0.5) is 6.01 Å². The van der Waals surface area contributed by atoms with Gasteiger partial charge in [0, 0.05) is 30.2 Å². The highest BCUT2D eigenvalue weighted by molar-refractivity contribution is 5.95. The number of fused-ring (bicyclic) bond motifs is 2. The Morgan fingerprint density at radius 2 is 2.00 bits per heavy atom. The third-order valence-electron chi connectivity index (χ3n) is 5.28. The number of benzene rings is 2. The number of rotatable bonds is 3. The number of anilines is 1. The van der Waals surface area contributed by atoms with E-state index in [1.54, 1.807) is 0 Å². The topological polar surface area (TPSA) is 55.9 Å². The van der Waals surface area contributed by atoms with Gasteiger partial charge >= 0.3 is 0 Å². The normalized spacial score (nSPS) is 15.7. The molecular weight excluding hydrogens is 324 g/mol. The molecule has 0 amide bonds. The SMILES string of the molecule is Cn1cc2cccc(-c3ccc4oc(NC5CCCCC5)nc4c3)c2n1. The lowest BCUT2D eigenvalue weighted by Crippen LogP contribution is -2.22. The van der Waals surface area contributed by atoms with E-state index in [9.17, 15) is 0 Å². The number of nitrogens with one attached hydrogen (secondary N) is 1. The zero-order valence-corrected chi connectivity index (χ0v) is 14.9. The lowest BCUT2D eigenvalue weighted by Gasteiger charge is -2.21.